The molecular formula is C12H13N. The number of fused-ring (bicyclic) bond motifs is 1. The number of hydrogen-bond donors (Lipinski definition) is 1. The molecule has 0 radical (unpaired) electrons. The Bertz CT molecular complexity index is 341. The Hall–Kier alpha value is -1.08. The third kappa shape index (κ3) is 0.853. The fourth-order valence-electron chi connectivity index (χ4n) is 2.58. The van der Waals surface area contributed by atoms with Gasteiger partial charge in [-0.15, -0.1) is 0 Å². The zero-order valence-corrected chi connectivity index (χ0v) is 7.43. The van der Waals surface area contributed by atoms with Crippen LogP contribution in [-0.4, -0.2) is 6.04 Å². The van der Waals surface area contributed by atoms with E-state index in [-0.39, 0.29) is 0 Å². The van der Waals surface area contributed by atoms with Gasteiger partial charge in [-0.25, -0.2) is 0 Å². The van der Waals surface area contributed by atoms with E-state index in [1.54, 1.807) is 0 Å². The summed E-state index contributed by atoms with van der Waals surface area (Å²) in [6.45, 7) is 0. The van der Waals surface area contributed by atoms with Crippen LogP contribution < -0.4 is 5.73 Å². The predicted molar refractivity (Wildman–Crippen MR) is 53.3 cm³/mol. The van der Waals surface area contributed by atoms with E-state index in [4.69, 9.17) is 5.73 Å². The van der Waals surface area contributed by atoms with Crippen molar-refractivity contribution in [2.24, 2.45) is 17.6 Å². The molecule has 0 heterocycles. The van der Waals surface area contributed by atoms with Crippen molar-refractivity contribution >= 4 is 0 Å². The number of allylic oxidation sites excluding steroid dienone is 1. The molecule has 2 aliphatic rings. The average Bonchev–Trinajstić information content (AvgIpc) is 2.13. The predicted octanol–water partition coefficient (Wildman–Crippen LogP) is 1.91. The third-order valence-corrected chi connectivity index (χ3v) is 3.46. The van der Waals surface area contributed by atoms with Gasteiger partial charge in [0.15, 0.2) is 0 Å². The van der Waals surface area contributed by atoms with Gasteiger partial charge in [0, 0.05) is 12.0 Å². The molecule has 2 unspecified atom stereocenters. The van der Waals surface area contributed by atoms with Crippen molar-refractivity contribution in [1.82, 2.24) is 0 Å². The van der Waals surface area contributed by atoms with Gasteiger partial charge in [-0.05, 0) is 17.4 Å². The molecule has 0 saturated heterocycles. The summed E-state index contributed by atoms with van der Waals surface area (Å²) in [6, 6.07) is 11.0. The molecule has 2 N–H and O–H groups in total. The molecule has 1 nitrogen and oxygen atoms in total. The molecule has 0 bridgehead atoms. The van der Waals surface area contributed by atoms with Crippen LogP contribution in [0.5, 0.6) is 0 Å². The van der Waals surface area contributed by atoms with Crippen LogP contribution in [0.25, 0.3) is 0 Å². The molecule has 0 spiro atoms. The van der Waals surface area contributed by atoms with Crippen LogP contribution in [0.3, 0.4) is 0 Å². The molecule has 4 atom stereocenters. The lowest BCUT2D eigenvalue weighted by atomic mass is 9.53. The van der Waals surface area contributed by atoms with Crippen molar-refractivity contribution < 1.29 is 0 Å². The minimum Gasteiger partial charge on any atom is -0.327 e. The van der Waals surface area contributed by atoms with Crippen LogP contribution in [-0.2, 0) is 0 Å². The lowest BCUT2D eigenvalue weighted by Crippen LogP contribution is -2.56. The van der Waals surface area contributed by atoms with Gasteiger partial charge >= 0.3 is 0 Å². The second-order valence-corrected chi connectivity index (χ2v) is 4.05. The van der Waals surface area contributed by atoms with Gasteiger partial charge in [0.25, 0.3) is 0 Å². The highest BCUT2D eigenvalue weighted by atomic mass is 14.8. The van der Waals surface area contributed by atoms with E-state index < -0.39 is 0 Å². The Balaban J connectivity index is 1.91. The summed E-state index contributed by atoms with van der Waals surface area (Å²) in [5, 5.41) is 0. The molecule has 0 amide bonds. The standard InChI is InChI=1S/C12H13N/c13-12-10-7-6-9(10)11(12)8-4-2-1-3-5-8/h1-7,9-12H,13H2/t9?,10?,11-,12-/m1/s1. The number of rotatable bonds is 1. The highest BCUT2D eigenvalue weighted by Crippen LogP contribution is 2.52. The van der Waals surface area contributed by atoms with Gasteiger partial charge in [-0.2, -0.15) is 0 Å². The van der Waals surface area contributed by atoms with E-state index >= 15 is 0 Å². The molecule has 1 saturated carbocycles. The highest BCUT2D eigenvalue weighted by Gasteiger charge is 2.50. The van der Waals surface area contributed by atoms with E-state index in [1.165, 1.54) is 5.56 Å². The first kappa shape index (κ1) is 7.34. The van der Waals surface area contributed by atoms with Crippen LogP contribution in [0.15, 0.2) is 42.5 Å². The maximum atomic E-state index is 6.09. The molecule has 13 heavy (non-hydrogen) atoms. The molecule has 1 aromatic carbocycles. The largest absolute Gasteiger partial charge is 0.327 e. The fraction of sp³-hybridized carbons (Fsp3) is 0.333. The van der Waals surface area contributed by atoms with Crippen LogP contribution in [0, 0.1) is 11.8 Å². The summed E-state index contributed by atoms with van der Waals surface area (Å²) in [5.41, 5.74) is 7.49. The maximum Gasteiger partial charge on any atom is 0.0183 e. The summed E-state index contributed by atoms with van der Waals surface area (Å²) in [7, 11) is 0. The van der Waals surface area contributed by atoms with Crippen LogP contribution in [0.4, 0.5) is 0 Å². The molecule has 0 aromatic heterocycles. The molecule has 3 rings (SSSR count). The third-order valence-electron chi connectivity index (χ3n) is 3.46. The van der Waals surface area contributed by atoms with E-state index in [9.17, 15) is 0 Å². The second kappa shape index (κ2) is 2.46. The minimum absolute atomic E-state index is 0.359. The van der Waals surface area contributed by atoms with E-state index in [0.717, 1.165) is 5.92 Å². The first-order valence-electron chi connectivity index (χ1n) is 4.87. The van der Waals surface area contributed by atoms with Gasteiger partial charge in [0.05, 0.1) is 0 Å². The molecule has 0 aliphatic heterocycles. The molecule has 2 aliphatic carbocycles. The zero-order valence-electron chi connectivity index (χ0n) is 7.43. The number of nitrogens with two attached hydrogens (primary N) is 1. The normalized spacial score (nSPS) is 40.4. The van der Waals surface area contributed by atoms with Gasteiger partial charge in [-0.3, -0.25) is 0 Å². The Morgan fingerprint density at radius 1 is 0.923 bits per heavy atom. The summed E-state index contributed by atoms with van der Waals surface area (Å²) in [4.78, 5) is 0. The first-order chi connectivity index (χ1) is 6.38. The SMILES string of the molecule is N[C@@H]1C2C=CC2[C@H]1c1ccccc1. The topological polar surface area (TPSA) is 26.0 Å². The number of hydrogen-bond acceptors (Lipinski definition) is 1. The first-order valence-corrected chi connectivity index (χ1v) is 4.87. The summed E-state index contributed by atoms with van der Waals surface area (Å²) in [5.74, 6) is 1.99. The van der Waals surface area contributed by atoms with E-state index in [2.05, 4.69) is 42.5 Å². The van der Waals surface area contributed by atoms with Gasteiger partial charge in [0.1, 0.15) is 0 Å². The second-order valence-electron chi connectivity index (χ2n) is 4.05. The Morgan fingerprint density at radius 3 is 2.15 bits per heavy atom. The van der Waals surface area contributed by atoms with Crippen molar-refractivity contribution in [2.75, 3.05) is 0 Å². The van der Waals surface area contributed by atoms with Gasteiger partial charge < -0.3 is 5.73 Å². The quantitative estimate of drug-likeness (QED) is 0.642. The zero-order chi connectivity index (χ0) is 8.84. The Labute approximate surface area is 78.3 Å². The van der Waals surface area contributed by atoms with Crippen LogP contribution in [0.2, 0.25) is 0 Å². The van der Waals surface area contributed by atoms with Crippen molar-refractivity contribution in [3.63, 3.8) is 0 Å². The smallest absolute Gasteiger partial charge is 0.0183 e. The lowest BCUT2D eigenvalue weighted by Gasteiger charge is -2.53. The van der Waals surface area contributed by atoms with Crippen molar-refractivity contribution in [3.05, 3.63) is 48.0 Å². The molecule has 1 aromatic rings. The molecule has 66 valence electrons. The van der Waals surface area contributed by atoms with E-state index in [1.807, 2.05) is 0 Å². The van der Waals surface area contributed by atoms with Crippen molar-refractivity contribution in [3.8, 4) is 0 Å². The monoisotopic (exact) mass is 171 g/mol. The van der Waals surface area contributed by atoms with Crippen LogP contribution in [0.1, 0.15) is 11.5 Å². The lowest BCUT2D eigenvalue weighted by molar-refractivity contribution is 0.149. The maximum absolute atomic E-state index is 6.09. The highest BCUT2D eigenvalue weighted by molar-refractivity contribution is 5.36. The fourth-order valence-corrected chi connectivity index (χ4v) is 2.58. The van der Waals surface area contributed by atoms with Gasteiger partial charge in [-0.1, -0.05) is 42.5 Å². The average molecular weight is 171 g/mol. The van der Waals surface area contributed by atoms with Gasteiger partial charge in [0.2, 0.25) is 0 Å². The molecular weight excluding hydrogens is 158 g/mol. The van der Waals surface area contributed by atoms with Crippen molar-refractivity contribution in [1.29, 1.82) is 0 Å². The summed E-state index contributed by atoms with van der Waals surface area (Å²) < 4.78 is 0. The molecule has 1 heteroatoms. The summed E-state index contributed by atoms with van der Waals surface area (Å²) >= 11 is 0. The van der Waals surface area contributed by atoms with Crippen molar-refractivity contribution in [2.45, 2.75) is 12.0 Å². The Morgan fingerprint density at radius 2 is 1.62 bits per heavy atom. The minimum atomic E-state index is 0.359. The van der Waals surface area contributed by atoms with Crippen LogP contribution >= 0.6 is 0 Å². The summed E-state index contributed by atoms with van der Waals surface area (Å²) in [6.07, 6.45) is 4.54. The number of benzene rings is 1. The van der Waals surface area contributed by atoms with E-state index in [0.29, 0.717) is 17.9 Å². The Kier molecular flexibility index (Phi) is 1.39. The molecule has 1 fully saturated rings.